The summed E-state index contributed by atoms with van der Waals surface area (Å²) in [6.45, 7) is 0.132. The van der Waals surface area contributed by atoms with Gasteiger partial charge in [-0.1, -0.05) is 18.1 Å². The highest BCUT2D eigenvalue weighted by atomic mass is 32.2. The molecule has 0 atom stereocenters. The Hall–Kier alpha value is -3.70. The van der Waals surface area contributed by atoms with Gasteiger partial charge in [-0.3, -0.25) is 9.69 Å². The zero-order valence-corrected chi connectivity index (χ0v) is 18.1. The summed E-state index contributed by atoms with van der Waals surface area (Å²) in [5, 5.41) is 0.499. The van der Waals surface area contributed by atoms with Crippen LogP contribution in [-0.4, -0.2) is 49.8 Å². The van der Waals surface area contributed by atoms with Crippen molar-refractivity contribution < 1.29 is 23.8 Å². The Bertz CT molecular complexity index is 1120. The Kier molecular flexibility index (Phi) is 7.00. The SMILES string of the molecule is C#CCOc1ccc(C=C2SC(=Nc3cccc(C(=O)OC)c3)N(C)C2=O)cc1OC. The molecule has 0 N–H and O–H groups in total. The summed E-state index contributed by atoms with van der Waals surface area (Å²) in [7, 11) is 4.50. The highest BCUT2D eigenvalue weighted by Crippen LogP contribution is 2.35. The summed E-state index contributed by atoms with van der Waals surface area (Å²) in [5.74, 6) is 2.82. The monoisotopic (exact) mass is 436 g/mol. The third-order valence-electron chi connectivity index (χ3n) is 4.29. The molecule has 0 saturated carbocycles. The first-order valence-electron chi connectivity index (χ1n) is 9.15. The number of methoxy groups -OCH3 is 2. The van der Waals surface area contributed by atoms with Crippen LogP contribution in [0.25, 0.3) is 6.08 Å². The van der Waals surface area contributed by atoms with Crippen molar-refractivity contribution in [2.75, 3.05) is 27.9 Å². The van der Waals surface area contributed by atoms with Gasteiger partial charge in [0.15, 0.2) is 16.7 Å². The molecule has 31 heavy (non-hydrogen) atoms. The van der Waals surface area contributed by atoms with Crippen LogP contribution in [0.15, 0.2) is 52.4 Å². The van der Waals surface area contributed by atoms with E-state index >= 15 is 0 Å². The first-order valence-corrected chi connectivity index (χ1v) is 9.97. The molecule has 1 amide bonds. The summed E-state index contributed by atoms with van der Waals surface area (Å²) in [6, 6.07) is 12.0. The van der Waals surface area contributed by atoms with Crippen LogP contribution in [-0.2, 0) is 9.53 Å². The van der Waals surface area contributed by atoms with Crippen molar-refractivity contribution in [1.82, 2.24) is 4.90 Å². The minimum absolute atomic E-state index is 0.132. The van der Waals surface area contributed by atoms with Crippen LogP contribution in [0.2, 0.25) is 0 Å². The van der Waals surface area contributed by atoms with E-state index in [4.69, 9.17) is 20.6 Å². The summed E-state index contributed by atoms with van der Waals surface area (Å²) in [5.41, 5.74) is 1.70. The first kappa shape index (κ1) is 22.0. The normalized spacial score (nSPS) is 15.8. The second kappa shape index (κ2) is 9.87. The molecule has 0 aromatic heterocycles. The van der Waals surface area contributed by atoms with Crippen LogP contribution in [0, 0.1) is 12.3 Å². The van der Waals surface area contributed by atoms with Crippen LogP contribution in [0.5, 0.6) is 11.5 Å². The van der Waals surface area contributed by atoms with Crippen molar-refractivity contribution in [2.45, 2.75) is 0 Å². The maximum absolute atomic E-state index is 12.7. The number of amides is 1. The van der Waals surface area contributed by atoms with E-state index in [1.807, 2.05) is 6.07 Å². The lowest BCUT2D eigenvalue weighted by Crippen LogP contribution is -2.23. The molecule has 0 aliphatic carbocycles. The Morgan fingerprint density at radius 2 is 2.03 bits per heavy atom. The van der Waals surface area contributed by atoms with Gasteiger partial charge in [-0.05, 0) is 53.7 Å². The standard InChI is InChI=1S/C23H20N2O5S/c1-5-11-30-18-10-9-15(12-19(18)28-3)13-20-21(26)25(2)23(31-20)24-17-8-6-7-16(14-17)22(27)29-4/h1,6-10,12-14H,11H2,2-4H3. The van der Waals surface area contributed by atoms with E-state index in [2.05, 4.69) is 10.9 Å². The number of terminal acetylenes is 1. The van der Waals surface area contributed by atoms with E-state index in [-0.39, 0.29) is 12.5 Å². The van der Waals surface area contributed by atoms with E-state index < -0.39 is 5.97 Å². The van der Waals surface area contributed by atoms with Crippen LogP contribution in [0.4, 0.5) is 5.69 Å². The van der Waals surface area contributed by atoms with Gasteiger partial charge in [0.1, 0.15) is 6.61 Å². The largest absolute Gasteiger partial charge is 0.493 e. The van der Waals surface area contributed by atoms with Crippen LogP contribution in [0.1, 0.15) is 15.9 Å². The van der Waals surface area contributed by atoms with E-state index in [0.717, 1.165) is 5.56 Å². The maximum Gasteiger partial charge on any atom is 0.337 e. The van der Waals surface area contributed by atoms with Gasteiger partial charge < -0.3 is 14.2 Å². The molecule has 0 radical (unpaired) electrons. The number of esters is 1. The number of nitrogens with zero attached hydrogens (tertiary/aromatic N) is 2. The summed E-state index contributed by atoms with van der Waals surface area (Å²) >= 11 is 1.24. The smallest absolute Gasteiger partial charge is 0.337 e. The summed E-state index contributed by atoms with van der Waals surface area (Å²) < 4.78 is 15.5. The number of hydrogen-bond acceptors (Lipinski definition) is 7. The minimum atomic E-state index is -0.449. The molecule has 0 bridgehead atoms. The van der Waals surface area contributed by atoms with Crippen molar-refractivity contribution in [1.29, 1.82) is 0 Å². The molecule has 1 saturated heterocycles. The first-order chi connectivity index (χ1) is 15.0. The molecule has 3 rings (SSSR count). The number of amidine groups is 1. The van der Waals surface area contributed by atoms with E-state index in [9.17, 15) is 9.59 Å². The molecule has 1 heterocycles. The topological polar surface area (TPSA) is 77.4 Å². The average molecular weight is 436 g/mol. The molecular formula is C23H20N2O5S. The Morgan fingerprint density at radius 3 is 2.74 bits per heavy atom. The Labute approximate surface area is 184 Å². The van der Waals surface area contributed by atoms with E-state index in [1.165, 1.54) is 30.9 Å². The Morgan fingerprint density at radius 1 is 1.23 bits per heavy atom. The fourth-order valence-corrected chi connectivity index (χ4v) is 3.73. The van der Waals surface area contributed by atoms with Gasteiger partial charge >= 0.3 is 5.97 Å². The second-order valence-corrected chi connectivity index (χ2v) is 7.32. The number of benzene rings is 2. The zero-order valence-electron chi connectivity index (χ0n) is 17.2. The van der Waals surface area contributed by atoms with Crippen molar-refractivity contribution in [3.63, 3.8) is 0 Å². The minimum Gasteiger partial charge on any atom is -0.493 e. The van der Waals surface area contributed by atoms with E-state index in [1.54, 1.807) is 49.5 Å². The van der Waals surface area contributed by atoms with Gasteiger partial charge in [-0.15, -0.1) is 6.42 Å². The molecule has 2 aromatic rings. The third kappa shape index (κ3) is 5.08. The van der Waals surface area contributed by atoms with Gasteiger partial charge in [-0.25, -0.2) is 9.79 Å². The van der Waals surface area contributed by atoms with Crippen LogP contribution in [0.3, 0.4) is 0 Å². The molecular weight excluding hydrogens is 416 g/mol. The van der Waals surface area contributed by atoms with Gasteiger partial charge in [0.25, 0.3) is 5.91 Å². The van der Waals surface area contributed by atoms with Crippen LogP contribution >= 0.6 is 11.8 Å². The molecule has 1 aliphatic heterocycles. The number of carbonyl (C=O) groups excluding carboxylic acids is 2. The highest BCUT2D eigenvalue weighted by molar-refractivity contribution is 8.18. The maximum atomic E-state index is 12.7. The Balaban J connectivity index is 1.86. The number of aliphatic imine (C=N–C) groups is 1. The van der Waals surface area contributed by atoms with Crippen LogP contribution < -0.4 is 9.47 Å². The zero-order chi connectivity index (χ0) is 22.4. The predicted molar refractivity (Wildman–Crippen MR) is 121 cm³/mol. The van der Waals surface area contributed by atoms with Crippen molar-refractivity contribution in [3.8, 4) is 23.8 Å². The molecule has 8 heteroatoms. The lowest BCUT2D eigenvalue weighted by Gasteiger charge is -2.09. The molecule has 0 spiro atoms. The molecule has 158 valence electrons. The fourth-order valence-electron chi connectivity index (χ4n) is 2.75. The van der Waals surface area contributed by atoms with Gasteiger partial charge in [-0.2, -0.15) is 0 Å². The summed E-state index contributed by atoms with van der Waals surface area (Å²) in [4.78, 5) is 30.9. The lowest BCUT2D eigenvalue weighted by atomic mass is 10.2. The number of carbonyl (C=O) groups is 2. The number of rotatable bonds is 6. The fraction of sp³-hybridized carbons (Fsp3) is 0.174. The second-order valence-electron chi connectivity index (χ2n) is 6.31. The quantitative estimate of drug-likeness (QED) is 0.390. The third-order valence-corrected chi connectivity index (χ3v) is 5.35. The number of likely N-dealkylation sites (N-methyl/N-ethyl adjacent to an activating group) is 1. The lowest BCUT2D eigenvalue weighted by molar-refractivity contribution is -0.121. The molecule has 0 unspecified atom stereocenters. The number of hydrogen-bond donors (Lipinski definition) is 0. The molecule has 1 aliphatic rings. The van der Waals surface area contributed by atoms with Gasteiger partial charge in [0.05, 0.1) is 30.4 Å². The van der Waals surface area contributed by atoms with Crippen molar-refractivity contribution in [2.24, 2.45) is 4.99 Å². The van der Waals surface area contributed by atoms with Crippen molar-refractivity contribution >= 4 is 40.6 Å². The van der Waals surface area contributed by atoms with Gasteiger partial charge in [0.2, 0.25) is 0 Å². The average Bonchev–Trinajstić information content (AvgIpc) is 3.05. The molecule has 2 aromatic carbocycles. The number of ether oxygens (including phenoxy) is 3. The van der Waals surface area contributed by atoms with Gasteiger partial charge in [0, 0.05) is 7.05 Å². The van der Waals surface area contributed by atoms with E-state index in [0.29, 0.717) is 32.8 Å². The predicted octanol–water partition coefficient (Wildman–Crippen LogP) is 3.73. The summed E-state index contributed by atoms with van der Waals surface area (Å²) in [6.07, 6.45) is 6.98. The highest BCUT2D eigenvalue weighted by Gasteiger charge is 2.30. The van der Waals surface area contributed by atoms with Crippen molar-refractivity contribution in [3.05, 3.63) is 58.5 Å². The number of thioether (sulfide) groups is 1. The molecule has 7 nitrogen and oxygen atoms in total. The molecule has 1 fully saturated rings.